The highest BCUT2D eigenvalue weighted by molar-refractivity contribution is 5.69. The van der Waals surface area contributed by atoms with Crippen LogP contribution in [0.5, 0.6) is 0 Å². The topological polar surface area (TPSA) is 54.0 Å². The molecule has 0 aromatic carbocycles. The largest absolute Gasteiger partial charge is 0.466 e. The zero-order chi connectivity index (χ0) is 25.0. The Morgan fingerprint density at radius 1 is 0.559 bits per heavy atom. The van der Waals surface area contributed by atoms with Crippen molar-refractivity contribution >= 4 is 5.97 Å². The second-order valence-corrected chi connectivity index (χ2v) is 9.58. The molecule has 0 radical (unpaired) electrons. The van der Waals surface area contributed by atoms with Crippen LogP contribution in [-0.2, 0) is 23.7 Å². The van der Waals surface area contributed by atoms with E-state index in [-0.39, 0.29) is 5.97 Å². The van der Waals surface area contributed by atoms with Crippen LogP contribution < -0.4 is 0 Å². The summed E-state index contributed by atoms with van der Waals surface area (Å²) in [5.74, 6) is 0.572. The van der Waals surface area contributed by atoms with Gasteiger partial charge >= 0.3 is 5.97 Å². The summed E-state index contributed by atoms with van der Waals surface area (Å²) in [6, 6.07) is 0. The van der Waals surface area contributed by atoms with Crippen molar-refractivity contribution in [3.8, 4) is 0 Å². The number of unbranched alkanes of at least 4 members (excludes halogenated alkanes) is 11. The smallest absolute Gasteiger partial charge is 0.305 e. The fourth-order valence-corrected chi connectivity index (χ4v) is 3.93. The number of hydrogen-bond donors (Lipinski definition) is 0. The molecule has 0 aromatic heterocycles. The van der Waals surface area contributed by atoms with Crippen LogP contribution in [-0.4, -0.2) is 52.2 Å². The van der Waals surface area contributed by atoms with Crippen LogP contribution in [0.3, 0.4) is 0 Å². The van der Waals surface area contributed by atoms with E-state index in [1.165, 1.54) is 83.5 Å². The molecular weight excluding hydrogens is 428 g/mol. The van der Waals surface area contributed by atoms with Gasteiger partial charge in [0.2, 0.25) is 0 Å². The Balaban J connectivity index is 3.24. The summed E-state index contributed by atoms with van der Waals surface area (Å²) in [5.41, 5.74) is 0. The summed E-state index contributed by atoms with van der Waals surface area (Å²) in [6.45, 7) is 11.1. The molecule has 0 aliphatic rings. The minimum Gasteiger partial charge on any atom is -0.466 e. The highest BCUT2D eigenvalue weighted by Crippen LogP contribution is 2.13. The van der Waals surface area contributed by atoms with Crippen LogP contribution in [0.2, 0.25) is 0 Å². The fourth-order valence-electron chi connectivity index (χ4n) is 3.93. The molecule has 0 N–H and O–H groups in total. The molecule has 0 heterocycles. The molecule has 1 atom stereocenters. The van der Waals surface area contributed by atoms with Crippen LogP contribution in [0, 0.1) is 5.92 Å². The third-order valence-corrected chi connectivity index (χ3v) is 6.32. The second-order valence-electron chi connectivity index (χ2n) is 9.58. The first-order valence-corrected chi connectivity index (χ1v) is 14.6. The number of ether oxygens (including phenoxy) is 4. The van der Waals surface area contributed by atoms with E-state index < -0.39 is 0 Å². The van der Waals surface area contributed by atoms with Crippen molar-refractivity contribution in [1.82, 2.24) is 0 Å². The lowest BCUT2D eigenvalue weighted by Gasteiger charge is -2.14. The molecule has 0 spiro atoms. The van der Waals surface area contributed by atoms with E-state index in [1.807, 2.05) is 0 Å². The van der Waals surface area contributed by atoms with Crippen molar-refractivity contribution in [3.63, 3.8) is 0 Å². The van der Waals surface area contributed by atoms with Crippen LogP contribution in [0.15, 0.2) is 0 Å². The summed E-state index contributed by atoms with van der Waals surface area (Å²) >= 11 is 0. The van der Waals surface area contributed by atoms with Gasteiger partial charge in [0.15, 0.2) is 0 Å². The molecule has 0 saturated carbocycles. The zero-order valence-corrected chi connectivity index (χ0v) is 23.1. The van der Waals surface area contributed by atoms with Crippen molar-refractivity contribution in [2.24, 2.45) is 5.92 Å². The van der Waals surface area contributed by atoms with Crippen LogP contribution >= 0.6 is 0 Å². The Morgan fingerprint density at radius 3 is 1.68 bits per heavy atom. The van der Waals surface area contributed by atoms with Crippen molar-refractivity contribution in [3.05, 3.63) is 0 Å². The van der Waals surface area contributed by atoms with E-state index in [4.69, 9.17) is 18.9 Å². The monoisotopic (exact) mass is 486 g/mol. The number of hydrogen-bond acceptors (Lipinski definition) is 5. The third-order valence-electron chi connectivity index (χ3n) is 6.32. The van der Waals surface area contributed by atoms with E-state index in [0.29, 0.717) is 58.4 Å². The molecule has 5 heteroatoms. The lowest BCUT2D eigenvalue weighted by atomic mass is 10.0. The van der Waals surface area contributed by atoms with E-state index in [0.717, 1.165) is 19.4 Å². The molecule has 0 amide bonds. The van der Waals surface area contributed by atoms with Gasteiger partial charge in [0, 0.05) is 19.6 Å². The molecule has 204 valence electrons. The van der Waals surface area contributed by atoms with Gasteiger partial charge in [-0.3, -0.25) is 4.79 Å². The van der Waals surface area contributed by atoms with Crippen molar-refractivity contribution in [2.75, 3.05) is 46.2 Å². The van der Waals surface area contributed by atoms with Gasteiger partial charge in [-0.05, 0) is 25.2 Å². The maximum atomic E-state index is 11.8. The number of carbonyl (C=O) groups is 1. The molecule has 34 heavy (non-hydrogen) atoms. The SMILES string of the molecule is CCCCCCCCCCCCCOC(=O)CCCOCCOCCOCC(CC)CCCC. The molecule has 0 fully saturated rings. The van der Waals surface area contributed by atoms with Crippen LogP contribution in [0.25, 0.3) is 0 Å². The fraction of sp³-hybridized carbons (Fsp3) is 0.966. The van der Waals surface area contributed by atoms with Crippen molar-refractivity contribution in [1.29, 1.82) is 0 Å². The average Bonchev–Trinajstić information content (AvgIpc) is 2.85. The lowest BCUT2D eigenvalue weighted by Crippen LogP contribution is -2.14. The van der Waals surface area contributed by atoms with E-state index in [1.54, 1.807) is 0 Å². The first kappa shape index (κ1) is 33.4. The molecule has 1 unspecified atom stereocenters. The summed E-state index contributed by atoms with van der Waals surface area (Å²) in [6.07, 6.45) is 20.5. The van der Waals surface area contributed by atoms with Gasteiger partial charge in [-0.25, -0.2) is 0 Å². The quantitative estimate of drug-likeness (QED) is 0.0831. The normalized spacial score (nSPS) is 12.2. The van der Waals surface area contributed by atoms with Gasteiger partial charge in [-0.2, -0.15) is 0 Å². The molecule has 0 saturated heterocycles. The summed E-state index contributed by atoms with van der Waals surface area (Å²) in [7, 11) is 0. The van der Waals surface area contributed by atoms with Gasteiger partial charge in [0.05, 0.1) is 33.0 Å². The van der Waals surface area contributed by atoms with Gasteiger partial charge in [-0.15, -0.1) is 0 Å². The van der Waals surface area contributed by atoms with Crippen LogP contribution in [0.4, 0.5) is 0 Å². The standard InChI is InChI=1S/C29H58O5/c1-4-7-9-10-11-12-13-14-15-16-17-22-34-29(30)20-18-21-31-23-24-32-25-26-33-27-28(6-3)19-8-5-2/h28H,4-27H2,1-3H3. The Bertz CT molecular complexity index is 402. The zero-order valence-electron chi connectivity index (χ0n) is 23.1. The van der Waals surface area contributed by atoms with E-state index in [2.05, 4.69) is 20.8 Å². The van der Waals surface area contributed by atoms with Crippen molar-refractivity contribution < 1.29 is 23.7 Å². The summed E-state index contributed by atoms with van der Waals surface area (Å²) in [4.78, 5) is 11.8. The van der Waals surface area contributed by atoms with Crippen LogP contribution in [0.1, 0.15) is 130 Å². The Hall–Kier alpha value is -0.650. The first-order chi connectivity index (χ1) is 16.7. The Labute approximate surface area is 212 Å². The second kappa shape index (κ2) is 28.6. The molecule has 5 nitrogen and oxygen atoms in total. The average molecular weight is 487 g/mol. The minimum atomic E-state index is -0.103. The molecule has 0 aromatic rings. The molecular formula is C29H58O5. The van der Waals surface area contributed by atoms with Crippen molar-refractivity contribution in [2.45, 2.75) is 130 Å². The highest BCUT2D eigenvalue weighted by Gasteiger charge is 2.06. The number of esters is 1. The minimum absolute atomic E-state index is 0.103. The predicted octanol–water partition coefficient (Wildman–Crippen LogP) is 7.89. The maximum Gasteiger partial charge on any atom is 0.305 e. The summed E-state index contributed by atoms with van der Waals surface area (Å²) in [5, 5.41) is 0. The molecule has 0 aliphatic heterocycles. The highest BCUT2D eigenvalue weighted by atomic mass is 16.5. The Kier molecular flexibility index (Phi) is 28.0. The van der Waals surface area contributed by atoms with Gasteiger partial charge in [0.1, 0.15) is 0 Å². The Morgan fingerprint density at radius 2 is 1.09 bits per heavy atom. The number of carbonyl (C=O) groups excluding carboxylic acids is 1. The van der Waals surface area contributed by atoms with Gasteiger partial charge in [-0.1, -0.05) is 104 Å². The maximum absolute atomic E-state index is 11.8. The number of rotatable bonds is 28. The first-order valence-electron chi connectivity index (χ1n) is 14.6. The van der Waals surface area contributed by atoms with Gasteiger partial charge in [0.25, 0.3) is 0 Å². The molecule has 0 rings (SSSR count). The lowest BCUT2D eigenvalue weighted by molar-refractivity contribution is -0.144. The third kappa shape index (κ3) is 26.0. The summed E-state index contributed by atoms with van der Waals surface area (Å²) < 4.78 is 22.1. The van der Waals surface area contributed by atoms with Gasteiger partial charge < -0.3 is 18.9 Å². The molecule has 0 aliphatic carbocycles. The van der Waals surface area contributed by atoms with E-state index >= 15 is 0 Å². The molecule has 0 bridgehead atoms. The predicted molar refractivity (Wildman–Crippen MR) is 142 cm³/mol. The van der Waals surface area contributed by atoms with E-state index in [9.17, 15) is 4.79 Å².